The van der Waals surface area contributed by atoms with Crippen LogP contribution in [0.3, 0.4) is 0 Å². The van der Waals surface area contributed by atoms with Crippen molar-refractivity contribution in [3.05, 3.63) is 65.3 Å². The largest absolute Gasteiger partial charge is 0.439 e. The van der Waals surface area contributed by atoms with Gasteiger partial charge in [-0.3, -0.25) is 4.98 Å². The third-order valence-electron chi connectivity index (χ3n) is 4.48. The number of benzene rings is 1. The summed E-state index contributed by atoms with van der Waals surface area (Å²) < 4.78 is 7.75. The number of ether oxygens (including phenoxy) is 1. The van der Waals surface area contributed by atoms with Crippen LogP contribution in [0, 0.1) is 11.3 Å². The molecule has 3 aromatic heterocycles. The smallest absolute Gasteiger partial charge is 0.218 e. The number of aryl methyl sites for hydroxylation is 1. The van der Waals surface area contributed by atoms with Crippen molar-refractivity contribution in [3.63, 3.8) is 0 Å². The van der Waals surface area contributed by atoms with Crippen LogP contribution in [-0.4, -0.2) is 31.4 Å². The van der Waals surface area contributed by atoms with Crippen molar-refractivity contribution >= 4 is 11.3 Å². The summed E-state index contributed by atoms with van der Waals surface area (Å²) in [6.45, 7) is 0.119. The minimum atomic E-state index is -0.762. The Morgan fingerprint density at radius 2 is 2.10 bits per heavy atom. The van der Waals surface area contributed by atoms with Gasteiger partial charge in [0.2, 0.25) is 5.88 Å². The van der Waals surface area contributed by atoms with Crippen LogP contribution in [0.1, 0.15) is 17.2 Å². The third kappa shape index (κ3) is 3.92. The van der Waals surface area contributed by atoms with Crippen LogP contribution in [-0.2, 0) is 7.05 Å². The van der Waals surface area contributed by atoms with Crippen molar-refractivity contribution in [2.45, 2.75) is 6.10 Å². The van der Waals surface area contributed by atoms with Gasteiger partial charge in [-0.05, 0) is 24.3 Å². The van der Waals surface area contributed by atoms with E-state index in [0.717, 1.165) is 5.01 Å². The first-order valence-corrected chi connectivity index (χ1v) is 9.97. The van der Waals surface area contributed by atoms with Gasteiger partial charge < -0.3 is 15.6 Å². The van der Waals surface area contributed by atoms with E-state index in [-0.39, 0.29) is 6.54 Å². The zero-order valence-corrected chi connectivity index (χ0v) is 16.9. The second kappa shape index (κ2) is 8.42. The molecule has 0 radical (unpaired) electrons. The van der Waals surface area contributed by atoms with Gasteiger partial charge in [0.25, 0.3) is 0 Å². The Labute approximate surface area is 176 Å². The Balaban J connectivity index is 1.71. The van der Waals surface area contributed by atoms with E-state index in [0.29, 0.717) is 39.7 Å². The van der Waals surface area contributed by atoms with Crippen LogP contribution in [0.5, 0.6) is 11.6 Å². The van der Waals surface area contributed by atoms with Gasteiger partial charge in [-0.1, -0.05) is 6.07 Å². The summed E-state index contributed by atoms with van der Waals surface area (Å²) in [5.74, 6) is 0.981. The van der Waals surface area contributed by atoms with Crippen molar-refractivity contribution < 1.29 is 9.84 Å². The van der Waals surface area contributed by atoms with Crippen LogP contribution in [0.2, 0.25) is 0 Å². The summed E-state index contributed by atoms with van der Waals surface area (Å²) in [5.41, 5.74) is 8.67. The molecule has 30 heavy (non-hydrogen) atoms. The van der Waals surface area contributed by atoms with E-state index in [2.05, 4.69) is 21.1 Å². The maximum Gasteiger partial charge on any atom is 0.218 e. The van der Waals surface area contributed by atoms with Gasteiger partial charge in [-0.15, -0.1) is 11.3 Å². The van der Waals surface area contributed by atoms with Crippen LogP contribution in [0.4, 0.5) is 0 Å². The Kier molecular flexibility index (Phi) is 5.54. The minimum Gasteiger partial charge on any atom is -0.439 e. The lowest BCUT2D eigenvalue weighted by atomic mass is 10.1. The topological polar surface area (TPSA) is 123 Å². The van der Waals surface area contributed by atoms with Crippen LogP contribution < -0.4 is 10.5 Å². The van der Waals surface area contributed by atoms with E-state index in [1.807, 2.05) is 5.38 Å². The van der Waals surface area contributed by atoms with Gasteiger partial charge in [-0.2, -0.15) is 10.4 Å². The lowest BCUT2D eigenvalue weighted by molar-refractivity contribution is 0.186. The van der Waals surface area contributed by atoms with Crippen LogP contribution in [0.25, 0.3) is 22.0 Å². The molecule has 0 bridgehead atoms. The molecular formula is C21H18N6O2S. The summed E-state index contributed by atoms with van der Waals surface area (Å²) in [5, 5.41) is 26.3. The minimum absolute atomic E-state index is 0.119. The Hall–Kier alpha value is -3.58. The van der Waals surface area contributed by atoms with E-state index in [1.165, 1.54) is 11.3 Å². The quantitative estimate of drug-likeness (QED) is 0.493. The highest BCUT2D eigenvalue weighted by molar-refractivity contribution is 7.13. The number of nitriles is 1. The van der Waals surface area contributed by atoms with Crippen molar-refractivity contribution in [3.8, 4) is 39.7 Å². The van der Waals surface area contributed by atoms with Crippen molar-refractivity contribution in [2.75, 3.05) is 6.54 Å². The fourth-order valence-corrected chi connectivity index (χ4v) is 3.49. The predicted molar refractivity (Wildman–Crippen MR) is 113 cm³/mol. The number of nitrogens with zero attached hydrogens (tertiary/aromatic N) is 5. The summed E-state index contributed by atoms with van der Waals surface area (Å²) >= 11 is 1.49. The fourth-order valence-electron chi connectivity index (χ4n) is 2.90. The molecule has 0 spiro atoms. The summed E-state index contributed by atoms with van der Waals surface area (Å²) in [4.78, 5) is 8.71. The second-order valence-corrected chi connectivity index (χ2v) is 7.38. The zero-order chi connectivity index (χ0) is 21.1. The van der Waals surface area contributed by atoms with E-state index in [1.54, 1.807) is 60.5 Å². The molecule has 0 fully saturated rings. The standard InChI is InChI=1S/C21H18N6O2S/c1-27-20(9-17(26-27)21-24-6-7-30-21)29-19-8-13(10-22)2-4-15(19)16-5-3-14(12-25-16)18(28)11-23/h2-9,12,18,28H,11,23H2,1H3. The van der Waals surface area contributed by atoms with Gasteiger partial charge in [0.15, 0.2) is 0 Å². The first kappa shape index (κ1) is 19.7. The zero-order valence-electron chi connectivity index (χ0n) is 16.1. The molecule has 9 heteroatoms. The SMILES string of the molecule is Cn1nc(-c2nccs2)cc1Oc1cc(C#N)ccc1-c1ccc(C(O)CN)cn1. The number of hydrogen-bond acceptors (Lipinski definition) is 8. The van der Waals surface area contributed by atoms with Gasteiger partial charge in [-0.25, -0.2) is 9.67 Å². The lowest BCUT2D eigenvalue weighted by Crippen LogP contribution is -2.11. The normalized spacial score (nSPS) is 11.8. The van der Waals surface area contributed by atoms with E-state index in [9.17, 15) is 10.4 Å². The molecule has 0 aliphatic rings. The number of aliphatic hydroxyl groups is 1. The second-order valence-electron chi connectivity index (χ2n) is 6.48. The highest BCUT2D eigenvalue weighted by Gasteiger charge is 2.16. The number of thiazole rings is 1. The van der Waals surface area contributed by atoms with Crippen molar-refractivity contribution in [2.24, 2.45) is 12.8 Å². The Bertz CT molecular complexity index is 1200. The highest BCUT2D eigenvalue weighted by atomic mass is 32.1. The van der Waals surface area contributed by atoms with Crippen LogP contribution >= 0.6 is 11.3 Å². The van der Waals surface area contributed by atoms with Crippen molar-refractivity contribution in [1.82, 2.24) is 19.7 Å². The molecule has 0 aliphatic carbocycles. The summed E-state index contributed by atoms with van der Waals surface area (Å²) in [6.07, 6.45) is 2.54. The van der Waals surface area contributed by atoms with Crippen LogP contribution in [0.15, 0.2) is 54.2 Å². The molecule has 0 aliphatic heterocycles. The number of pyridine rings is 1. The molecule has 4 rings (SSSR count). The van der Waals surface area contributed by atoms with E-state index < -0.39 is 6.10 Å². The van der Waals surface area contributed by atoms with Gasteiger partial charge in [0, 0.05) is 48.6 Å². The highest BCUT2D eigenvalue weighted by Crippen LogP contribution is 2.35. The molecule has 150 valence electrons. The third-order valence-corrected chi connectivity index (χ3v) is 5.28. The molecule has 4 aromatic rings. The average Bonchev–Trinajstić information content (AvgIpc) is 3.43. The predicted octanol–water partition coefficient (Wildman–Crippen LogP) is 3.26. The number of rotatable bonds is 6. The maximum atomic E-state index is 9.88. The Morgan fingerprint density at radius 1 is 1.23 bits per heavy atom. The maximum absolute atomic E-state index is 9.88. The van der Waals surface area contributed by atoms with E-state index in [4.69, 9.17) is 10.5 Å². The molecule has 1 aromatic carbocycles. The van der Waals surface area contributed by atoms with Crippen molar-refractivity contribution in [1.29, 1.82) is 5.26 Å². The molecule has 0 saturated carbocycles. The first-order chi connectivity index (χ1) is 14.6. The summed E-state index contributed by atoms with van der Waals surface area (Å²) in [7, 11) is 1.78. The number of nitrogens with two attached hydrogens (primary N) is 1. The molecule has 3 N–H and O–H groups in total. The molecular weight excluding hydrogens is 400 g/mol. The molecule has 1 atom stereocenters. The van der Waals surface area contributed by atoms with Gasteiger partial charge in [0.1, 0.15) is 16.5 Å². The molecule has 3 heterocycles. The molecule has 1 unspecified atom stereocenters. The first-order valence-electron chi connectivity index (χ1n) is 9.09. The molecule has 0 saturated heterocycles. The fraction of sp³-hybridized carbons (Fsp3) is 0.143. The number of hydrogen-bond donors (Lipinski definition) is 2. The Morgan fingerprint density at radius 3 is 2.77 bits per heavy atom. The average molecular weight is 418 g/mol. The monoisotopic (exact) mass is 418 g/mol. The number of aliphatic hydroxyl groups excluding tert-OH is 1. The molecule has 0 amide bonds. The summed E-state index contributed by atoms with van der Waals surface area (Å²) in [6, 6.07) is 12.6. The number of aromatic nitrogens is 4. The van der Waals surface area contributed by atoms with Gasteiger partial charge >= 0.3 is 0 Å². The molecule has 8 nitrogen and oxygen atoms in total. The van der Waals surface area contributed by atoms with Gasteiger partial charge in [0.05, 0.1) is 23.4 Å². The lowest BCUT2D eigenvalue weighted by Gasteiger charge is -2.12. The van der Waals surface area contributed by atoms with E-state index >= 15 is 0 Å².